The summed E-state index contributed by atoms with van der Waals surface area (Å²) in [5.41, 5.74) is 0. The van der Waals surface area contributed by atoms with Crippen molar-refractivity contribution in [3.63, 3.8) is 0 Å². The van der Waals surface area contributed by atoms with Gasteiger partial charge in [-0.1, -0.05) is 0 Å². The highest BCUT2D eigenvalue weighted by atomic mass is 32.2. The van der Waals surface area contributed by atoms with E-state index in [1.165, 1.54) is 11.2 Å². The highest BCUT2D eigenvalue weighted by molar-refractivity contribution is 7.89. The SMILES string of the molecule is CC(NC(=O)CCS(=O)(=O)N1CCOCC1)C(=O)O. The molecule has 0 aromatic heterocycles. The van der Waals surface area contributed by atoms with Gasteiger partial charge in [0.25, 0.3) is 0 Å². The molecule has 19 heavy (non-hydrogen) atoms. The fourth-order valence-corrected chi connectivity index (χ4v) is 2.96. The largest absolute Gasteiger partial charge is 0.480 e. The average Bonchev–Trinajstić information content (AvgIpc) is 2.37. The topological polar surface area (TPSA) is 113 Å². The van der Waals surface area contributed by atoms with Gasteiger partial charge in [0.05, 0.1) is 19.0 Å². The normalized spacial score (nSPS) is 18.8. The third-order valence-corrected chi connectivity index (χ3v) is 4.57. The smallest absolute Gasteiger partial charge is 0.325 e. The molecule has 1 aliphatic heterocycles. The molecule has 0 saturated carbocycles. The number of carbonyl (C=O) groups excluding carboxylic acids is 1. The maximum Gasteiger partial charge on any atom is 0.325 e. The molecule has 0 aliphatic carbocycles. The fourth-order valence-electron chi connectivity index (χ4n) is 1.55. The first-order chi connectivity index (χ1) is 8.83. The van der Waals surface area contributed by atoms with Gasteiger partial charge in [0.2, 0.25) is 15.9 Å². The minimum Gasteiger partial charge on any atom is -0.480 e. The van der Waals surface area contributed by atoms with Crippen LogP contribution in [0.15, 0.2) is 0 Å². The Morgan fingerprint density at radius 2 is 1.95 bits per heavy atom. The molecule has 1 saturated heterocycles. The van der Waals surface area contributed by atoms with Gasteiger partial charge in [0.15, 0.2) is 0 Å². The molecule has 1 atom stereocenters. The number of hydrogen-bond donors (Lipinski definition) is 2. The van der Waals surface area contributed by atoms with E-state index < -0.39 is 27.9 Å². The third-order valence-electron chi connectivity index (χ3n) is 2.70. The summed E-state index contributed by atoms with van der Waals surface area (Å²) >= 11 is 0. The highest BCUT2D eigenvalue weighted by Gasteiger charge is 2.25. The van der Waals surface area contributed by atoms with E-state index >= 15 is 0 Å². The van der Waals surface area contributed by atoms with Crippen molar-refractivity contribution in [3.8, 4) is 0 Å². The van der Waals surface area contributed by atoms with Gasteiger partial charge in [-0.3, -0.25) is 9.59 Å². The standard InChI is InChI=1S/C10H18N2O6S/c1-8(10(14)15)11-9(13)2-7-19(16,17)12-3-5-18-6-4-12/h8H,2-7H2,1H3,(H,11,13)(H,14,15). The first kappa shape index (κ1) is 15.9. The van der Waals surface area contributed by atoms with E-state index in [1.54, 1.807) is 0 Å². The van der Waals surface area contributed by atoms with E-state index in [-0.39, 0.29) is 25.3 Å². The Labute approximate surface area is 111 Å². The Morgan fingerprint density at radius 1 is 1.37 bits per heavy atom. The van der Waals surface area contributed by atoms with Gasteiger partial charge in [-0.15, -0.1) is 0 Å². The summed E-state index contributed by atoms with van der Waals surface area (Å²) in [6, 6.07) is -1.03. The summed E-state index contributed by atoms with van der Waals surface area (Å²) in [5.74, 6) is -2.08. The molecule has 0 bridgehead atoms. The number of hydrogen-bond acceptors (Lipinski definition) is 5. The quantitative estimate of drug-likeness (QED) is 0.625. The summed E-state index contributed by atoms with van der Waals surface area (Å²) in [6.07, 6.45) is -0.253. The van der Waals surface area contributed by atoms with Crippen LogP contribution in [0.4, 0.5) is 0 Å². The molecule has 0 aromatic rings. The number of carbonyl (C=O) groups is 2. The van der Waals surface area contributed by atoms with Crippen LogP contribution < -0.4 is 5.32 Å². The van der Waals surface area contributed by atoms with E-state index in [2.05, 4.69) is 5.32 Å². The van der Waals surface area contributed by atoms with Gasteiger partial charge in [-0.05, 0) is 6.92 Å². The van der Waals surface area contributed by atoms with Crippen LogP contribution in [0.5, 0.6) is 0 Å². The molecule has 1 rings (SSSR count). The molecule has 0 radical (unpaired) electrons. The number of nitrogens with zero attached hydrogens (tertiary/aromatic N) is 1. The Bertz CT molecular complexity index is 429. The van der Waals surface area contributed by atoms with Gasteiger partial charge >= 0.3 is 5.97 Å². The van der Waals surface area contributed by atoms with E-state index in [0.717, 1.165) is 0 Å². The third kappa shape index (κ3) is 5.13. The molecule has 0 aromatic carbocycles. The Morgan fingerprint density at radius 3 is 2.47 bits per heavy atom. The van der Waals surface area contributed by atoms with Crippen LogP contribution in [0.25, 0.3) is 0 Å². The molecule has 1 heterocycles. The number of sulfonamides is 1. The van der Waals surface area contributed by atoms with E-state index in [9.17, 15) is 18.0 Å². The molecule has 1 fully saturated rings. The number of carboxylic acid groups (broad SMARTS) is 1. The molecular formula is C10H18N2O6S. The zero-order valence-corrected chi connectivity index (χ0v) is 11.5. The zero-order chi connectivity index (χ0) is 14.5. The zero-order valence-electron chi connectivity index (χ0n) is 10.7. The number of rotatable bonds is 6. The minimum atomic E-state index is -3.49. The lowest BCUT2D eigenvalue weighted by Crippen LogP contribution is -2.43. The van der Waals surface area contributed by atoms with Crippen molar-refractivity contribution in [2.45, 2.75) is 19.4 Å². The second-order valence-corrected chi connectivity index (χ2v) is 6.29. The first-order valence-corrected chi connectivity index (χ1v) is 7.51. The van der Waals surface area contributed by atoms with Gasteiger partial charge in [0.1, 0.15) is 6.04 Å². The second-order valence-electron chi connectivity index (χ2n) is 4.20. The van der Waals surface area contributed by atoms with Crippen molar-refractivity contribution < 1.29 is 27.9 Å². The summed E-state index contributed by atoms with van der Waals surface area (Å²) in [5, 5.41) is 10.8. The summed E-state index contributed by atoms with van der Waals surface area (Å²) < 4.78 is 30.1. The molecule has 2 N–H and O–H groups in total. The van der Waals surface area contributed by atoms with Crippen LogP contribution in [0.3, 0.4) is 0 Å². The minimum absolute atomic E-state index is 0.253. The van der Waals surface area contributed by atoms with E-state index in [4.69, 9.17) is 9.84 Å². The maximum atomic E-state index is 11.9. The van der Waals surface area contributed by atoms with Crippen LogP contribution in [-0.4, -0.2) is 67.8 Å². The Hall–Kier alpha value is -1.19. The predicted octanol–water partition coefficient (Wildman–Crippen LogP) is -1.37. The Balaban J connectivity index is 2.42. The molecular weight excluding hydrogens is 276 g/mol. The molecule has 9 heteroatoms. The summed E-state index contributed by atoms with van der Waals surface area (Å²) in [6.45, 7) is 2.59. The van der Waals surface area contributed by atoms with Gasteiger partial charge in [-0.25, -0.2) is 8.42 Å². The number of ether oxygens (including phenoxy) is 1. The van der Waals surface area contributed by atoms with E-state index in [0.29, 0.717) is 13.2 Å². The van der Waals surface area contributed by atoms with Crippen molar-refractivity contribution >= 4 is 21.9 Å². The summed E-state index contributed by atoms with van der Waals surface area (Å²) in [7, 11) is -3.49. The van der Waals surface area contributed by atoms with Crippen molar-refractivity contribution in [1.29, 1.82) is 0 Å². The maximum absolute atomic E-state index is 11.9. The van der Waals surface area contributed by atoms with Crippen molar-refractivity contribution in [1.82, 2.24) is 9.62 Å². The number of amides is 1. The molecule has 1 amide bonds. The lowest BCUT2D eigenvalue weighted by Gasteiger charge is -2.25. The number of aliphatic carboxylic acids is 1. The molecule has 110 valence electrons. The fraction of sp³-hybridized carbons (Fsp3) is 0.800. The first-order valence-electron chi connectivity index (χ1n) is 5.90. The van der Waals surface area contributed by atoms with Crippen LogP contribution in [-0.2, 0) is 24.3 Å². The second kappa shape index (κ2) is 6.83. The number of nitrogens with one attached hydrogen (secondary N) is 1. The highest BCUT2D eigenvalue weighted by Crippen LogP contribution is 2.06. The van der Waals surface area contributed by atoms with Gasteiger partial charge in [0, 0.05) is 19.5 Å². The molecule has 1 aliphatic rings. The number of morpholine rings is 1. The van der Waals surface area contributed by atoms with Crippen LogP contribution in [0.1, 0.15) is 13.3 Å². The van der Waals surface area contributed by atoms with Crippen LogP contribution in [0.2, 0.25) is 0 Å². The lowest BCUT2D eigenvalue weighted by molar-refractivity contribution is -0.141. The predicted molar refractivity (Wildman–Crippen MR) is 66.0 cm³/mol. The van der Waals surface area contributed by atoms with Gasteiger partial charge < -0.3 is 15.2 Å². The average molecular weight is 294 g/mol. The van der Waals surface area contributed by atoms with Crippen molar-refractivity contribution in [3.05, 3.63) is 0 Å². The monoisotopic (exact) mass is 294 g/mol. The van der Waals surface area contributed by atoms with E-state index in [1.807, 2.05) is 0 Å². The lowest BCUT2D eigenvalue weighted by atomic mass is 10.3. The van der Waals surface area contributed by atoms with Crippen LogP contribution >= 0.6 is 0 Å². The van der Waals surface area contributed by atoms with Crippen LogP contribution in [0, 0.1) is 0 Å². The Kier molecular flexibility index (Phi) is 5.70. The molecule has 1 unspecified atom stereocenters. The van der Waals surface area contributed by atoms with Gasteiger partial charge in [-0.2, -0.15) is 4.31 Å². The molecule has 8 nitrogen and oxygen atoms in total. The molecule has 0 spiro atoms. The summed E-state index contributed by atoms with van der Waals surface area (Å²) in [4.78, 5) is 21.9. The van der Waals surface area contributed by atoms with Crippen molar-refractivity contribution in [2.75, 3.05) is 32.1 Å². The van der Waals surface area contributed by atoms with Crippen molar-refractivity contribution in [2.24, 2.45) is 0 Å². The number of carboxylic acids is 1.